The number of hydrazine groups is 1. The molecule has 2 N–H and O–H groups in total. The molecule has 0 spiro atoms. The Hall–Kier alpha value is -1.44. The van der Waals surface area contributed by atoms with E-state index in [1.54, 1.807) is 0 Å². The number of rotatable bonds is 1. The van der Waals surface area contributed by atoms with Crippen LogP contribution in [0.3, 0.4) is 0 Å². The molecule has 1 rings (SSSR count). The van der Waals surface area contributed by atoms with Crippen LogP contribution in [0.1, 0.15) is 13.8 Å². The van der Waals surface area contributed by atoms with Crippen molar-refractivity contribution in [1.29, 1.82) is 0 Å². The minimum atomic E-state index is -5.01. The number of alkyl halides is 3. The van der Waals surface area contributed by atoms with Crippen LogP contribution in [0.5, 0.6) is 0 Å². The highest BCUT2D eigenvalue weighted by Gasteiger charge is 2.61. The van der Waals surface area contributed by atoms with Crippen molar-refractivity contribution in [3.05, 3.63) is 11.8 Å². The van der Waals surface area contributed by atoms with Gasteiger partial charge in [0, 0.05) is 5.70 Å². The van der Waals surface area contributed by atoms with Gasteiger partial charge in [0.15, 0.2) is 0 Å². The number of allylic oxidation sites excluding steroid dienone is 1. The van der Waals surface area contributed by atoms with E-state index in [2.05, 4.69) is 10.2 Å². The van der Waals surface area contributed by atoms with Crippen LogP contribution in [0.4, 0.5) is 18.0 Å². The van der Waals surface area contributed by atoms with E-state index in [-0.39, 0.29) is 17.3 Å². The van der Waals surface area contributed by atoms with Gasteiger partial charge in [0.2, 0.25) is 0 Å². The quantitative estimate of drug-likeness (QED) is 0.721. The lowest BCUT2D eigenvalue weighted by Crippen LogP contribution is -2.60. The van der Waals surface area contributed by atoms with Gasteiger partial charge in [-0.25, -0.2) is 4.79 Å². The van der Waals surface area contributed by atoms with Crippen molar-refractivity contribution in [2.45, 2.75) is 25.7 Å². The van der Waals surface area contributed by atoms with Gasteiger partial charge in [-0.3, -0.25) is 5.43 Å². The van der Waals surface area contributed by atoms with E-state index in [9.17, 15) is 23.1 Å². The van der Waals surface area contributed by atoms with E-state index >= 15 is 0 Å². The summed E-state index contributed by atoms with van der Waals surface area (Å²) in [4.78, 5) is 11.2. The number of carbonyl (C=O) groups is 1. The molecule has 1 atom stereocenters. The Morgan fingerprint density at radius 3 is 2.69 bits per heavy atom. The third-order valence-electron chi connectivity index (χ3n) is 1.91. The summed E-state index contributed by atoms with van der Waals surface area (Å²) in [6.45, 7) is 2.64. The molecule has 0 radical (unpaired) electrons. The van der Waals surface area contributed by atoms with Gasteiger partial charge in [-0.1, -0.05) is 0 Å². The van der Waals surface area contributed by atoms with Crippen LogP contribution in [-0.2, 0) is 4.74 Å². The predicted octanol–water partition coefficient (Wildman–Crippen LogP) is 1.12. The number of aliphatic hydroxyl groups is 1. The zero-order valence-corrected chi connectivity index (χ0v) is 8.63. The summed E-state index contributed by atoms with van der Waals surface area (Å²) in [5.74, 6) is 0. The third kappa shape index (κ3) is 1.92. The molecule has 1 aliphatic heterocycles. The molecule has 0 saturated heterocycles. The van der Waals surface area contributed by atoms with Gasteiger partial charge < -0.3 is 9.84 Å². The molecular formula is C8H11F3N2O3. The number of carbonyl (C=O) groups excluding carboxylic acids is 1. The maximum absolute atomic E-state index is 12.6. The highest BCUT2D eigenvalue weighted by molar-refractivity contribution is 5.69. The minimum Gasteiger partial charge on any atom is -0.448 e. The van der Waals surface area contributed by atoms with Crippen molar-refractivity contribution in [3.63, 3.8) is 0 Å². The fourth-order valence-corrected chi connectivity index (χ4v) is 1.24. The summed E-state index contributed by atoms with van der Waals surface area (Å²) in [6.07, 6.45) is -5.80. The molecule has 92 valence electrons. The number of halogens is 3. The SMILES string of the molecule is CCOC(=O)N1NC(C)=CC1(O)C(F)(F)F. The fourth-order valence-electron chi connectivity index (χ4n) is 1.24. The normalized spacial score (nSPS) is 25.1. The van der Waals surface area contributed by atoms with Crippen molar-refractivity contribution in [1.82, 2.24) is 10.4 Å². The summed E-state index contributed by atoms with van der Waals surface area (Å²) in [6, 6.07) is 0. The molecule has 0 aromatic rings. The number of amides is 1. The van der Waals surface area contributed by atoms with E-state index in [0.29, 0.717) is 6.08 Å². The maximum atomic E-state index is 12.6. The maximum Gasteiger partial charge on any atom is 0.442 e. The highest BCUT2D eigenvalue weighted by Crippen LogP contribution is 2.37. The van der Waals surface area contributed by atoms with Crippen molar-refractivity contribution >= 4 is 6.09 Å². The van der Waals surface area contributed by atoms with Crippen LogP contribution in [0.15, 0.2) is 11.8 Å². The average molecular weight is 240 g/mol. The number of nitrogens with one attached hydrogen (secondary N) is 1. The molecule has 8 heteroatoms. The van der Waals surface area contributed by atoms with E-state index in [0.717, 1.165) is 0 Å². The van der Waals surface area contributed by atoms with Gasteiger partial charge >= 0.3 is 12.3 Å². The standard InChI is InChI=1S/C8H11F3N2O3/c1-3-16-6(14)13-7(15,8(9,10)11)4-5(2)12-13/h4,12,15H,3H2,1-2H3. The topological polar surface area (TPSA) is 61.8 Å². The third-order valence-corrected chi connectivity index (χ3v) is 1.91. The Kier molecular flexibility index (Phi) is 3.04. The summed E-state index contributed by atoms with van der Waals surface area (Å²) < 4.78 is 42.2. The zero-order valence-electron chi connectivity index (χ0n) is 8.63. The molecule has 1 amide bonds. The Balaban J connectivity index is 3.00. The Morgan fingerprint density at radius 2 is 2.25 bits per heavy atom. The van der Waals surface area contributed by atoms with Gasteiger partial charge in [-0.2, -0.15) is 18.2 Å². The molecule has 1 unspecified atom stereocenters. The summed E-state index contributed by atoms with van der Waals surface area (Å²) >= 11 is 0. The first kappa shape index (κ1) is 12.6. The average Bonchev–Trinajstić information content (AvgIpc) is 2.42. The van der Waals surface area contributed by atoms with Crippen molar-refractivity contribution < 1.29 is 27.8 Å². The van der Waals surface area contributed by atoms with Gasteiger partial charge in [0.25, 0.3) is 5.72 Å². The van der Waals surface area contributed by atoms with E-state index in [1.807, 2.05) is 0 Å². The highest BCUT2D eigenvalue weighted by atomic mass is 19.4. The lowest BCUT2D eigenvalue weighted by atomic mass is 10.2. The Bertz CT molecular complexity index is 329. The van der Waals surface area contributed by atoms with Crippen LogP contribution in [0, 0.1) is 0 Å². The van der Waals surface area contributed by atoms with E-state index in [1.165, 1.54) is 13.8 Å². The van der Waals surface area contributed by atoms with Gasteiger partial charge in [-0.15, -0.1) is 0 Å². The second kappa shape index (κ2) is 3.85. The predicted molar refractivity (Wildman–Crippen MR) is 46.8 cm³/mol. The Labute approximate surface area is 89.4 Å². The van der Waals surface area contributed by atoms with E-state index < -0.39 is 18.0 Å². The largest absolute Gasteiger partial charge is 0.448 e. The first-order chi connectivity index (χ1) is 7.22. The molecule has 0 aromatic carbocycles. The monoisotopic (exact) mass is 240 g/mol. The second-order valence-corrected chi connectivity index (χ2v) is 3.20. The molecule has 16 heavy (non-hydrogen) atoms. The minimum absolute atomic E-state index is 0.00579. The first-order valence-corrected chi connectivity index (χ1v) is 4.44. The van der Waals surface area contributed by atoms with Crippen molar-refractivity contribution in [3.8, 4) is 0 Å². The smallest absolute Gasteiger partial charge is 0.442 e. The zero-order chi connectivity index (χ0) is 12.6. The molecule has 0 bridgehead atoms. The lowest BCUT2D eigenvalue weighted by Gasteiger charge is -2.32. The van der Waals surface area contributed by atoms with Gasteiger partial charge in [-0.05, 0) is 19.9 Å². The summed E-state index contributed by atoms with van der Waals surface area (Å²) in [5, 5.41) is 9.42. The molecule has 5 nitrogen and oxygen atoms in total. The van der Waals surface area contributed by atoms with Crippen LogP contribution in [0.25, 0.3) is 0 Å². The van der Waals surface area contributed by atoms with Crippen molar-refractivity contribution in [2.24, 2.45) is 0 Å². The molecule has 0 saturated carbocycles. The lowest BCUT2D eigenvalue weighted by molar-refractivity contribution is -0.285. The Morgan fingerprint density at radius 1 is 1.69 bits per heavy atom. The molecule has 1 aliphatic rings. The van der Waals surface area contributed by atoms with Crippen LogP contribution < -0.4 is 5.43 Å². The van der Waals surface area contributed by atoms with Crippen LogP contribution >= 0.6 is 0 Å². The number of hydrogen-bond acceptors (Lipinski definition) is 4. The van der Waals surface area contributed by atoms with Crippen LogP contribution in [-0.4, -0.2) is 34.7 Å². The summed E-state index contributed by atoms with van der Waals surface area (Å²) in [7, 11) is 0. The molecule has 0 fully saturated rings. The molecule has 0 aromatic heterocycles. The summed E-state index contributed by atoms with van der Waals surface area (Å²) in [5.41, 5.74) is -1.28. The van der Waals surface area contributed by atoms with Gasteiger partial charge in [0.1, 0.15) is 0 Å². The number of hydrogen-bond donors (Lipinski definition) is 2. The van der Waals surface area contributed by atoms with E-state index in [4.69, 9.17) is 0 Å². The second-order valence-electron chi connectivity index (χ2n) is 3.20. The molecule has 1 heterocycles. The fraction of sp³-hybridized carbons (Fsp3) is 0.625. The number of ether oxygens (including phenoxy) is 1. The first-order valence-electron chi connectivity index (χ1n) is 4.44. The molecular weight excluding hydrogens is 229 g/mol. The van der Waals surface area contributed by atoms with Crippen molar-refractivity contribution in [2.75, 3.05) is 6.61 Å². The molecule has 0 aliphatic carbocycles. The number of nitrogens with zero attached hydrogens (tertiary/aromatic N) is 1. The van der Waals surface area contributed by atoms with Crippen LogP contribution in [0.2, 0.25) is 0 Å². The van der Waals surface area contributed by atoms with Gasteiger partial charge in [0.05, 0.1) is 6.61 Å².